The number of aliphatic hydroxyl groups is 1. The first-order valence-electron chi connectivity index (χ1n) is 13.0. The largest absolute Gasteiger partial charge is 0.490 e. The lowest BCUT2D eigenvalue weighted by Gasteiger charge is -2.32. The summed E-state index contributed by atoms with van der Waals surface area (Å²) in [6.07, 6.45) is 6.76. The van der Waals surface area contributed by atoms with Crippen molar-refractivity contribution in [2.75, 3.05) is 13.2 Å². The Morgan fingerprint density at radius 3 is 2.29 bits per heavy atom. The maximum absolute atomic E-state index is 12.9. The first-order valence-corrected chi connectivity index (χ1v) is 13.0. The predicted octanol–water partition coefficient (Wildman–Crippen LogP) is 6.15. The third-order valence-electron chi connectivity index (χ3n) is 6.96. The summed E-state index contributed by atoms with van der Waals surface area (Å²) in [5.41, 5.74) is 3.00. The zero-order valence-corrected chi connectivity index (χ0v) is 20.4. The number of hydrogen-bond donors (Lipinski definition) is 2. The maximum atomic E-state index is 12.9. The van der Waals surface area contributed by atoms with Gasteiger partial charge in [0.05, 0.1) is 5.56 Å². The van der Waals surface area contributed by atoms with Gasteiger partial charge < -0.3 is 15.2 Å². The molecule has 4 rings (SSSR count). The second kappa shape index (κ2) is 13.2. The molecule has 35 heavy (non-hydrogen) atoms. The lowest BCUT2D eigenvalue weighted by atomic mass is 9.81. The molecular weight excluding hydrogens is 434 g/mol. The second-order valence-electron chi connectivity index (χ2n) is 9.56. The van der Waals surface area contributed by atoms with Crippen LogP contribution in [0.15, 0.2) is 84.9 Å². The van der Waals surface area contributed by atoms with E-state index in [4.69, 9.17) is 4.74 Å². The van der Waals surface area contributed by atoms with Gasteiger partial charge in [-0.15, -0.1) is 0 Å². The Kier molecular flexibility index (Phi) is 9.50. The molecule has 4 heteroatoms. The average molecular weight is 472 g/mol. The summed E-state index contributed by atoms with van der Waals surface area (Å²) in [5, 5.41) is 14.3. The molecule has 0 unspecified atom stereocenters. The topological polar surface area (TPSA) is 58.6 Å². The molecule has 2 N–H and O–H groups in total. The first-order chi connectivity index (χ1) is 17.2. The summed E-state index contributed by atoms with van der Waals surface area (Å²) >= 11 is 0. The third-order valence-corrected chi connectivity index (χ3v) is 6.96. The van der Waals surface area contributed by atoms with Gasteiger partial charge in [-0.1, -0.05) is 92.1 Å². The zero-order valence-electron chi connectivity index (χ0n) is 20.4. The Morgan fingerprint density at radius 2 is 1.54 bits per heavy atom. The van der Waals surface area contributed by atoms with Gasteiger partial charge in [0.1, 0.15) is 18.5 Å². The van der Waals surface area contributed by atoms with Gasteiger partial charge in [0.15, 0.2) is 5.78 Å². The predicted molar refractivity (Wildman–Crippen MR) is 141 cm³/mol. The van der Waals surface area contributed by atoms with Crippen LogP contribution in [0.3, 0.4) is 0 Å². The van der Waals surface area contributed by atoms with Crippen LogP contribution in [0.25, 0.3) is 0 Å². The molecule has 3 aromatic rings. The monoisotopic (exact) mass is 471 g/mol. The van der Waals surface area contributed by atoms with Crippen LogP contribution >= 0.6 is 0 Å². The highest BCUT2D eigenvalue weighted by Crippen LogP contribution is 2.34. The van der Waals surface area contributed by atoms with E-state index in [1.807, 2.05) is 60.7 Å². The molecule has 3 aromatic carbocycles. The minimum absolute atomic E-state index is 0.0542. The number of carbonyl (C=O) groups excluding carboxylic acids is 1. The summed E-state index contributed by atoms with van der Waals surface area (Å²) in [6, 6.07) is 28.2. The van der Waals surface area contributed by atoms with E-state index < -0.39 is 6.10 Å². The summed E-state index contributed by atoms with van der Waals surface area (Å²) < 4.78 is 5.94. The minimum atomic E-state index is -0.669. The van der Waals surface area contributed by atoms with Crippen LogP contribution in [-0.2, 0) is 6.42 Å². The highest BCUT2D eigenvalue weighted by Gasteiger charge is 2.25. The lowest BCUT2D eigenvalue weighted by molar-refractivity contribution is 0.0928. The van der Waals surface area contributed by atoms with E-state index in [9.17, 15) is 9.90 Å². The maximum Gasteiger partial charge on any atom is 0.166 e. The smallest absolute Gasteiger partial charge is 0.166 e. The Morgan fingerprint density at radius 1 is 0.886 bits per heavy atom. The number of aliphatic hydroxyl groups excluding tert-OH is 1. The second-order valence-corrected chi connectivity index (χ2v) is 9.56. The summed E-state index contributed by atoms with van der Waals surface area (Å²) in [7, 11) is 0. The van der Waals surface area contributed by atoms with Crippen molar-refractivity contribution in [3.63, 3.8) is 0 Å². The minimum Gasteiger partial charge on any atom is -0.490 e. The van der Waals surface area contributed by atoms with Crippen LogP contribution in [0.5, 0.6) is 5.75 Å². The molecule has 0 aromatic heterocycles. The molecule has 0 heterocycles. The molecule has 1 saturated carbocycles. The van der Waals surface area contributed by atoms with Crippen LogP contribution < -0.4 is 10.1 Å². The molecule has 2 atom stereocenters. The molecule has 0 radical (unpaired) electrons. The number of Topliss-reactive ketones (excluding diaryl/α,β-unsaturated/α-hetero) is 1. The highest BCUT2D eigenvalue weighted by atomic mass is 16.5. The van der Waals surface area contributed by atoms with Gasteiger partial charge in [-0.2, -0.15) is 0 Å². The van der Waals surface area contributed by atoms with Gasteiger partial charge >= 0.3 is 0 Å². The SMILES string of the molecule is O=C(CCc1ccccc1)c1ccccc1OC[C@H](O)CN[C@@H](c1ccccc1)C1CCCCC1. The number of nitrogens with one attached hydrogen (secondary N) is 1. The van der Waals surface area contributed by atoms with E-state index in [1.54, 1.807) is 0 Å². The standard InChI is InChI=1S/C31H37NO3/c33-27(22-32-31(25-14-6-2-7-15-25)26-16-8-3-9-17-26)23-35-30-19-11-10-18-28(30)29(34)21-20-24-12-4-1-5-13-24/h1-2,4-7,10-15,18-19,26-27,31-33H,3,8-9,16-17,20-23H2/t27-,31+/m1/s1. The van der Waals surface area contributed by atoms with Gasteiger partial charge in [-0.3, -0.25) is 4.79 Å². The molecule has 1 fully saturated rings. The number of rotatable bonds is 12. The molecule has 0 bridgehead atoms. The molecule has 184 valence electrons. The summed E-state index contributed by atoms with van der Waals surface area (Å²) in [6.45, 7) is 0.586. The number of ether oxygens (including phenoxy) is 1. The molecule has 1 aliphatic rings. The fourth-order valence-electron chi connectivity index (χ4n) is 5.05. The van der Waals surface area contributed by atoms with E-state index >= 15 is 0 Å². The van der Waals surface area contributed by atoms with Gasteiger partial charge in [-0.05, 0) is 48.4 Å². The fraction of sp³-hybridized carbons (Fsp3) is 0.387. The van der Waals surface area contributed by atoms with E-state index in [2.05, 4.69) is 29.6 Å². The normalized spacial score (nSPS) is 15.9. The molecule has 1 aliphatic carbocycles. The van der Waals surface area contributed by atoms with Gasteiger partial charge in [-0.25, -0.2) is 0 Å². The van der Waals surface area contributed by atoms with Gasteiger partial charge in [0, 0.05) is 19.0 Å². The zero-order chi connectivity index (χ0) is 24.3. The summed E-state index contributed by atoms with van der Waals surface area (Å²) in [5.74, 6) is 1.18. The van der Waals surface area contributed by atoms with Crippen molar-refractivity contribution in [2.45, 2.75) is 57.1 Å². The van der Waals surface area contributed by atoms with Gasteiger partial charge in [0.2, 0.25) is 0 Å². The number of hydrogen-bond acceptors (Lipinski definition) is 4. The Balaban J connectivity index is 1.31. The van der Waals surface area contributed by atoms with Crippen molar-refractivity contribution in [2.24, 2.45) is 5.92 Å². The van der Waals surface area contributed by atoms with Crippen molar-refractivity contribution in [1.82, 2.24) is 5.32 Å². The molecule has 4 nitrogen and oxygen atoms in total. The number of aryl methyl sites for hydroxylation is 1. The quantitative estimate of drug-likeness (QED) is 0.311. The third kappa shape index (κ3) is 7.51. The van der Waals surface area contributed by atoms with Crippen LogP contribution in [0.4, 0.5) is 0 Å². The van der Waals surface area contributed by atoms with E-state index in [0.29, 0.717) is 36.6 Å². The van der Waals surface area contributed by atoms with E-state index in [1.165, 1.54) is 37.7 Å². The Bertz CT molecular complexity index is 1030. The van der Waals surface area contributed by atoms with E-state index in [0.717, 1.165) is 5.56 Å². The van der Waals surface area contributed by atoms with Crippen LogP contribution in [-0.4, -0.2) is 30.1 Å². The van der Waals surface area contributed by atoms with Crippen molar-refractivity contribution < 1.29 is 14.6 Å². The lowest BCUT2D eigenvalue weighted by Crippen LogP contribution is -2.37. The van der Waals surface area contributed by atoms with Crippen molar-refractivity contribution in [3.8, 4) is 5.75 Å². The highest BCUT2D eigenvalue weighted by molar-refractivity contribution is 5.98. The number of carbonyl (C=O) groups is 1. The molecule has 0 amide bonds. The molecule has 0 spiro atoms. The van der Waals surface area contributed by atoms with Crippen molar-refractivity contribution in [1.29, 1.82) is 0 Å². The average Bonchev–Trinajstić information content (AvgIpc) is 2.92. The number of para-hydroxylation sites is 1. The van der Waals surface area contributed by atoms with Crippen LogP contribution in [0, 0.1) is 5.92 Å². The van der Waals surface area contributed by atoms with Crippen LogP contribution in [0.1, 0.15) is 66.1 Å². The number of ketones is 1. The molecule has 0 aliphatic heterocycles. The molecule has 0 saturated heterocycles. The van der Waals surface area contributed by atoms with Crippen molar-refractivity contribution in [3.05, 3.63) is 102 Å². The van der Waals surface area contributed by atoms with Gasteiger partial charge in [0.25, 0.3) is 0 Å². The first kappa shape index (κ1) is 25.2. The summed E-state index contributed by atoms with van der Waals surface area (Å²) in [4.78, 5) is 12.9. The Labute approximate surface area is 209 Å². The molecular formula is C31H37NO3. The van der Waals surface area contributed by atoms with Crippen molar-refractivity contribution >= 4 is 5.78 Å². The van der Waals surface area contributed by atoms with Crippen LogP contribution in [0.2, 0.25) is 0 Å². The Hall–Kier alpha value is -2.95. The number of benzene rings is 3. The van der Waals surface area contributed by atoms with E-state index in [-0.39, 0.29) is 18.4 Å². The fourth-order valence-corrected chi connectivity index (χ4v) is 5.05.